The number of benzene rings is 2. The molecule has 2 aromatic carbocycles. The second-order valence-corrected chi connectivity index (χ2v) is 5.75. The number of rotatable bonds is 5. The van der Waals surface area contributed by atoms with Gasteiger partial charge in [-0.15, -0.1) is 0 Å². The van der Waals surface area contributed by atoms with E-state index < -0.39 is 11.9 Å². The van der Waals surface area contributed by atoms with E-state index in [-0.39, 0.29) is 5.70 Å². The summed E-state index contributed by atoms with van der Waals surface area (Å²) in [6, 6.07) is 19.7. The van der Waals surface area contributed by atoms with Gasteiger partial charge in [0.25, 0.3) is 5.91 Å². The van der Waals surface area contributed by atoms with Crippen molar-refractivity contribution >= 4 is 18.0 Å². The minimum Gasteiger partial charge on any atom is -0.477 e. The van der Waals surface area contributed by atoms with E-state index in [1.165, 1.54) is 6.08 Å². The lowest BCUT2D eigenvalue weighted by Crippen LogP contribution is -2.27. The van der Waals surface area contributed by atoms with Crippen molar-refractivity contribution in [2.45, 2.75) is 6.92 Å². The number of carbonyl (C=O) groups excluding carboxylic acids is 1. The van der Waals surface area contributed by atoms with E-state index in [1.54, 1.807) is 36.4 Å². The van der Waals surface area contributed by atoms with Crippen LogP contribution in [0.25, 0.3) is 17.4 Å². The van der Waals surface area contributed by atoms with Crippen LogP contribution in [0.2, 0.25) is 0 Å². The van der Waals surface area contributed by atoms with Crippen LogP contribution in [0.5, 0.6) is 0 Å². The molecule has 1 amide bonds. The van der Waals surface area contributed by atoms with Crippen molar-refractivity contribution in [2.75, 3.05) is 0 Å². The summed E-state index contributed by atoms with van der Waals surface area (Å²) < 4.78 is 5.66. The molecular formula is C21H17NO4. The standard InChI is InChI=1S/C21H17NO4/c1-14-7-9-16(10-8-14)20(23)22-18(21(24)25)13-17-11-12-19(26-17)15-5-3-2-4-6-15/h2-13H,1H3,(H,22,23)(H,24,25)/b18-13-. The van der Waals surface area contributed by atoms with Gasteiger partial charge in [0, 0.05) is 17.2 Å². The van der Waals surface area contributed by atoms with Crippen molar-refractivity contribution < 1.29 is 19.1 Å². The molecule has 0 fully saturated rings. The van der Waals surface area contributed by atoms with Gasteiger partial charge in [0.05, 0.1) is 0 Å². The molecule has 5 nitrogen and oxygen atoms in total. The molecule has 3 rings (SSSR count). The number of aryl methyl sites for hydroxylation is 1. The second-order valence-electron chi connectivity index (χ2n) is 5.75. The Hall–Kier alpha value is -3.60. The average Bonchev–Trinajstić information content (AvgIpc) is 3.11. The van der Waals surface area contributed by atoms with Gasteiger partial charge in [0.15, 0.2) is 0 Å². The van der Waals surface area contributed by atoms with Crippen molar-refractivity contribution in [1.29, 1.82) is 0 Å². The maximum atomic E-state index is 12.2. The third-order valence-corrected chi connectivity index (χ3v) is 3.76. The zero-order chi connectivity index (χ0) is 18.5. The molecule has 3 aromatic rings. The fourth-order valence-corrected chi connectivity index (χ4v) is 2.38. The normalized spacial score (nSPS) is 11.2. The second kappa shape index (κ2) is 7.53. The molecule has 0 aliphatic rings. The Morgan fingerprint density at radius 2 is 1.65 bits per heavy atom. The minimum atomic E-state index is -1.25. The number of aliphatic carboxylic acids is 1. The van der Waals surface area contributed by atoms with Gasteiger partial charge in [0.2, 0.25) is 0 Å². The van der Waals surface area contributed by atoms with Crippen LogP contribution in [-0.4, -0.2) is 17.0 Å². The smallest absolute Gasteiger partial charge is 0.352 e. The predicted octanol–water partition coefficient (Wildman–Crippen LogP) is 4.11. The molecule has 0 atom stereocenters. The first-order chi connectivity index (χ1) is 12.5. The lowest BCUT2D eigenvalue weighted by molar-refractivity contribution is -0.132. The van der Waals surface area contributed by atoms with Gasteiger partial charge in [-0.25, -0.2) is 4.79 Å². The van der Waals surface area contributed by atoms with E-state index in [1.807, 2.05) is 37.3 Å². The van der Waals surface area contributed by atoms with Gasteiger partial charge in [-0.2, -0.15) is 0 Å². The molecule has 1 aromatic heterocycles. The summed E-state index contributed by atoms with van der Waals surface area (Å²) in [5, 5.41) is 11.8. The van der Waals surface area contributed by atoms with Crippen LogP contribution in [-0.2, 0) is 4.79 Å². The van der Waals surface area contributed by atoms with Crippen molar-refractivity contribution in [3.63, 3.8) is 0 Å². The highest BCUT2D eigenvalue weighted by atomic mass is 16.4. The monoisotopic (exact) mass is 347 g/mol. The van der Waals surface area contributed by atoms with E-state index in [0.717, 1.165) is 11.1 Å². The summed E-state index contributed by atoms with van der Waals surface area (Å²) in [6.45, 7) is 1.91. The summed E-state index contributed by atoms with van der Waals surface area (Å²) in [5.41, 5.74) is 2.02. The van der Waals surface area contributed by atoms with Crippen LogP contribution >= 0.6 is 0 Å². The molecule has 0 bridgehead atoms. The summed E-state index contributed by atoms with van der Waals surface area (Å²) in [4.78, 5) is 23.7. The van der Waals surface area contributed by atoms with Crippen LogP contribution in [0.4, 0.5) is 0 Å². The Bertz CT molecular complexity index is 953. The van der Waals surface area contributed by atoms with Gasteiger partial charge in [-0.3, -0.25) is 4.79 Å². The SMILES string of the molecule is Cc1ccc(C(=O)N/C(=C\c2ccc(-c3ccccc3)o2)C(=O)O)cc1. The van der Waals surface area contributed by atoms with E-state index in [4.69, 9.17) is 4.42 Å². The maximum Gasteiger partial charge on any atom is 0.352 e. The summed E-state index contributed by atoms with van der Waals surface area (Å²) in [5.74, 6) is -0.784. The number of amides is 1. The first-order valence-corrected chi connectivity index (χ1v) is 8.01. The predicted molar refractivity (Wildman–Crippen MR) is 98.4 cm³/mol. The quantitative estimate of drug-likeness (QED) is 0.681. The third kappa shape index (κ3) is 4.08. The molecule has 0 aliphatic carbocycles. The van der Waals surface area contributed by atoms with Gasteiger partial charge in [0.1, 0.15) is 17.2 Å². The molecule has 0 saturated carbocycles. The highest BCUT2D eigenvalue weighted by molar-refractivity contribution is 6.02. The van der Waals surface area contributed by atoms with Gasteiger partial charge >= 0.3 is 5.97 Å². The van der Waals surface area contributed by atoms with Gasteiger partial charge in [-0.05, 0) is 31.2 Å². The molecule has 5 heteroatoms. The van der Waals surface area contributed by atoms with E-state index in [0.29, 0.717) is 17.1 Å². The van der Waals surface area contributed by atoms with E-state index >= 15 is 0 Å². The number of nitrogens with one attached hydrogen (secondary N) is 1. The number of carboxylic acid groups (broad SMARTS) is 1. The van der Waals surface area contributed by atoms with Crippen LogP contribution in [0.3, 0.4) is 0 Å². The van der Waals surface area contributed by atoms with Crippen molar-refractivity contribution in [3.05, 3.63) is 89.3 Å². The zero-order valence-electron chi connectivity index (χ0n) is 14.1. The Labute approximate surface area is 150 Å². The van der Waals surface area contributed by atoms with Crippen LogP contribution in [0, 0.1) is 6.92 Å². The molecule has 130 valence electrons. The fourth-order valence-electron chi connectivity index (χ4n) is 2.38. The largest absolute Gasteiger partial charge is 0.477 e. The van der Waals surface area contributed by atoms with Crippen molar-refractivity contribution in [2.24, 2.45) is 0 Å². The molecule has 0 radical (unpaired) electrons. The lowest BCUT2D eigenvalue weighted by Gasteiger charge is -2.06. The molecule has 0 aliphatic heterocycles. The molecule has 1 heterocycles. The average molecular weight is 347 g/mol. The fraction of sp³-hybridized carbons (Fsp3) is 0.0476. The summed E-state index contributed by atoms with van der Waals surface area (Å²) in [6.07, 6.45) is 1.29. The van der Waals surface area contributed by atoms with E-state index in [2.05, 4.69) is 5.32 Å². The highest BCUT2D eigenvalue weighted by Crippen LogP contribution is 2.23. The number of hydrogen-bond donors (Lipinski definition) is 2. The van der Waals surface area contributed by atoms with Crippen LogP contribution in [0.15, 0.2) is 76.8 Å². The highest BCUT2D eigenvalue weighted by Gasteiger charge is 2.14. The minimum absolute atomic E-state index is 0.260. The van der Waals surface area contributed by atoms with Crippen molar-refractivity contribution in [1.82, 2.24) is 5.32 Å². The number of furan rings is 1. The molecule has 0 saturated heterocycles. The number of hydrogen-bond acceptors (Lipinski definition) is 3. The lowest BCUT2D eigenvalue weighted by atomic mass is 10.1. The summed E-state index contributed by atoms with van der Waals surface area (Å²) in [7, 11) is 0. The first kappa shape index (κ1) is 17.2. The van der Waals surface area contributed by atoms with Gasteiger partial charge in [-0.1, -0.05) is 48.0 Å². The Morgan fingerprint density at radius 3 is 2.31 bits per heavy atom. The first-order valence-electron chi connectivity index (χ1n) is 8.01. The molecule has 0 unspecified atom stereocenters. The van der Waals surface area contributed by atoms with Crippen LogP contribution < -0.4 is 5.32 Å². The van der Waals surface area contributed by atoms with Crippen LogP contribution in [0.1, 0.15) is 21.7 Å². The maximum absolute atomic E-state index is 12.2. The number of carboxylic acids is 1. The molecule has 26 heavy (non-hydrogen) atoms. The Morgan fingerprint density at radius 1 is 0.962 bits per heavy atom. The Balaban J connectivity index is 1.82. The third-order valence-electron chi connectivity index (χ3n) is 3.76. The number of carbonyl (C=O) groups is 2. The van der Waals surface area contributed by atoms with E-state index in [9.17, 15) is 14.7 Å². The summed E-state index contributed by atoms with van der Waals surface area (Å²) >= 11 is 0. The van der Waals surface area contributed by atoms with Gasteiger partial charge < -0.3 is 14.8 Å². The molecular weight excluding hydrogens is 330 g/mol. The topological polar surface area (TPSA) is 79.5 Å². The molecule has 0 spiro atoms. The Kier molecular flexibility index (Phi) is 4.99. The van der Waals surface area contributed by atoms with Crippen molar-refractivity contribution in [3.8, 4) is 11.3 Å². The molecule has 2 N–H and O–H groups in total. The zero-order valence-corrected chi connectivity index (χ0v) is 14.1.